The topological polar surface area (TPSA) is 87.7 Å². The highest BCUT2D eigenvalue weighted by Gasteiger charge is 2.55. The fourth-order valence-electron chi connectivity index (χ4n) is 4.33. The van der Waals surface area contributed by atoms with E-state index in [0.29, 0.717) is 15.1 Å². The maximum Gasteiger partial charge on any atom is 0.317 e. The van der Waals surface area contributed by atoms with E-state index in [1.807, 2.05) is 50.5 Å². The molecule has 5 rings (SSSR count). The largest absolute Gasteiger partial charge is 0.469 e. The highest BCUT2D eigenvalue weighted by atomic mass is 32.1. The number of carbonyl (C=O) groups excluding carboxylic acids is 1. The van der Waals surface area contributed by atoms with Crippen LogP contribution in [0.2, 0.25) is 0 Å². The van der Waals surface area contributed by atoms with Gasteiger partial charge in [-0.1, -0.05) is 29.5 Å². The summed E-state index contributed by atoms with van der Waals surface area (Å²) in [6, 6.07) is 6.88. The molecule has 4 heterocycles. The molecular formula is C21H20N4O4S. The van der Waals surface area contributed by atoms with Gasteiger partial charge in [0.05, 0.1) is 23.4 Å². The number of esters is 1. The molecule has 3 atom stereocenters. The third-order valence-corrected chi connectivity index (χ3v) is 6.66. The number of rotatable bonds is 2. The first kappa shape index (κ1) is 18.8. The van der Waals surface area contributed by atoms with Crippen LogP contribution >= 0.6 is 11.3 Å². The van der Waals surface area contributed by atoms with E-state index in [4.69, 9.17) is 14.5 Å². The van der Waals surface area contributed by atoms with Crippen LogP contribution in [0.1, 0.15) is 29.8 Å². The number of aryl methyl sites for hydroxylation is 2. The number of fused-ring (bicyclic) bond motifs is 6. The van der Waals surface area contributed by atoms with Crippen LogP contribution in [0.4, 0.5) is 0 Å². The van der Waals surface area contributed by atoms with E-state index in [-0.39, 0.29) is 5.56 Å². The smallest absolute Gasteiger partial charge is 0.317 e. The molecule has 0 radical (unpaired) electrons. The average Bonchev–Trinajstić information content (AvgIpc) is 3.17. The summed E-state index contributed by atoms with van der Waals surface area (Å²) in [6.07, 6.45) is 3.69. The molecule has 0 aliphatic carbocycles. The Hall–Kier alpha value is -3.20. The van der Waals surface area contributed by atoms with Crippen LogP contribution in [0.5, 0.6) is 5.75 Å². The van der Waals surface area contributed by atoms with E-state index >= 15 is 0 Å². The number of aromatic nitrogens is 3. The van der Waals surface area contributed by atoms with Crippen LogP contribution in [-0.2, 0) is 16.6 Å². The zero-order chi connectivity index (χ0) is 21.2. The van der Waals surface area contributed by atoms with Crippen molar-refractivity contribution in [3.8, 4) is 5.75 Å². The number of methoxy groups -OCH3 is 1. The monoisotopic (exact) mass is 424 g/mol. The molecule has 2 aliphatic rings. The Morgan fingerprint density at radius 1 is 1.37 bits per heavy atom. The molecular weight excluding hydrogens is 404 g/mol. The molecule has 30 heavy (non-hydrogen) atoms. The zero-order valence-corrected chi connectivity index (χ0v) is 17.8. The Bertz CT molecular complexity index is 1370. The Labute approximate surface area is 175 Å². The number of carbonyl (C=O) groups is 1. The van der Waals surface area contributed by atoms with Crippen LogP contribution < -0.4 is 19.6 Å². The molecule has 2 bridgehead atoms. The molecule has 154 valence electrons. The fourth-order valence-corrected chi connectivity index (χ4v) is 5.42. The normalized spacial score (nSPS) is 24.5. The summed E-state index contributed by atoms with van der Waals surface area (Å²) in [4.78, 5) is 31.5. The number of ether oxygens (including phenoxy) is 2. The first-order valence-electron chi connectivity index (χ1n) is 9.51. The van der Waals surface area contributed by atoms with E-state index in [2.05, 4.69) is 5.10 Å². The highest BCUT2D eigenvalue weighted by Crippen LogP contribution is 2.47. The van der Waals surface area contributed by atoms with E-state index < -0.39 is 23.7 Å². The van der Waals surface area contributed by atoms with Crippen LogP contribution in [0.3, 0.4) is 0 Å². The van der Waals surface area contributed by atoms with Gasteiger partial charge in [-0.25, -0.2) is 4.99 Å². The SMILES string of the molecule is COC(=O)[C@@H]1[C@H]2c3ccccc3O[C@@]1(C)N=c1sc(=Cc3cn(C)nc3C)c(=O)n12. The van der Waals surface area contributed by atoms with E-state index in [1.54, 1.807) is 16.2 Å². The minimum atomic E-state index is -1.16. The lowest BCUT2D eigenvalue weighted by Gasteiger charge is -2.44. The lowest BCUT2D eigenvalue weighted by atomic mass is 9.81. The number of thiazole rings is 1. The number of nitrogens with zero attached hydrogens (tertiary/aromatic N) is 4. The Morgan fingerprint density at radius 2 is 2.13 bits per heavy atom. The molecule has 0 amide bonds. The van der Waals surface area contributed by atoms with E-state index in [0.717, 1.165) is 16.8 Å². The third-order valence-electron chi connectivity index (χ3n) is 5.67. The van der Waals surface area contributed by atoms with Crippen molar-refractivity contribution in [1.29, 1.82) is 0 Å². The summed E-state index contributed by atoms with van der Waals surface area (Å²) in [7, 11) is 3.18. The first-order chi connectivity index (χ1) is 14.3. The summed E-state index contributed by atoms with van der Waals surface area (Å²) in [6.45, 7) is 3.66. The number of para-hydroxylation sites is 1. The molecule has 0 fully saturated rings. The summed E-state index contributed by atoms with van der Waals surface area (Å²) in [5, 5.41) is 4.34. The maximum absolute atomic E-state index is 13.5. The molecule has 9 heteroatoms. The van der Waals surface area contributed by atoms with Gasteiger partial charge in [-0.15, -0.1) is 0 Å². The van der Waals surface area contributed by atoms with Gasteiger partial charge in [0.2, 0.25) is 5.72 Å². The van der Waals surface area contributed by atoms with Crippen molar-refractivity contribution in [2.75, 3.05) is 7.11 Å². The molecule has 2 aromatic heterocycles. The van der Waals surface area contributed by atoms with Crippen LogP contribution in [0.15, 0.2) is 40.2 Å². The van der Waals surface area contributed by atoms with Crippen molar-refractivity contribution in [3.63, 3.8) is 0 Å². The standard InChI is InChI=1S/C21H20N4O4S/c1-11-12(10-24(3)23-11)9-15-18(26)25-17-13-7-5-6-8-14(13)29-21(2,22-20(25)30-15)16(17)19(27)28-4/h5-10,16-17H,1-4H3/t16-,17+,21+/m0/s1. The van der Waals surface area contributed by atoms with Gasteiger partial charge in [-0.2, -0.15) is 5.10 Å². The number of hydrogen-bond donors (Lipinski definition) is 0. The Morgan fingerprint density at radius 3 is 2.83 bits per heavy atom. The van der Waals surface area contributed by atoms with Crippen molar-refractivity contribution in [3.05, 3.63) is 67.0 Å². The second-order valence-corrected chi connectivity index (χ2v) is 8.67. The maximum atomic E-state index is 13.5. The molecule has 0 N–H and O–H groups in total. The molecule has 1 aromatic carbocycles. The van der Waals surface area contributed by atoms with Crippen molar-refractivity contribution in [2.24, 2.45) is 18.0 Å². The molecule has 0 saturated carbocycles. The van der Waals surface area contributed by atoms with Crippen molar-refractivity contribution in [2.45, 2.75) is 25.6 Å². The molecule has 8 nitrogen and oxygen atoms in total. The minimum absolute atomic E-state index is 0.195. The van der Waals surface area contributed by atoms with Crippen LogP contribution in [0, 0.1) is 12.8 Å². The van der Waals surface area contributed by atoms with E-state index in [1.165, 1.54) is 18.4 Å². The number of benzene rings is 1. The second kappa shape index (κ2) is 6.40. The summed E-state index contributed by atoms with van der Waals surface area (Å²) in [5.74, 6) is -0.616. The zero-order valence-electron chi connectivity index (χ0n) is 16.9. The lowest BCUT2D eigenvalue weighted by molar-refractivity contribution is -0.158. The van der Waals surface area contributed by atoms with Gasteiger partial charge >= 0.3 is 5.97 Å². The fraction of sp³-hybridized carbons (Fsp3) is 0.333. The van der Waals surface area contributed by atoms with Gasteiger partial charge in [0, 0.05) is 24.4 Å². The second-order valence-electron chi connectivity index (χ2n) is 7.66. The van der Waals surface area contributed by atoms with Crippen LogP contribution in [0.25, 0.3) is 6.08 Å². The Kier molecular flexibility index (Phi) is 4.01. The first-order valence-corrected chi connectivity index (χ1v) is 10.3. The lowest BCUT2D eigenvalue weighted by Crippen LogP contribution is -2.58. The quantitative estimate of drug-likeness (QED) is 0.571. The molecule has 0 unspecified atom stereocenters. The van der Waals surface area contributed by atoms with Crippen molar-refractivity contribution < 1.29 is 14.3 Å². The third kappa shape index (κ3) is 2.58. The predicted octanol–water partition coefficient (Wildman–Crippen LogP) is 0.901. The predicted molar refractivity (Wildman–Crippen MR) is 110 cm³/mol. The van der Waals surface area contributed by atoms with Crippen molar-refractivity contribution in [1.82, 2.24) is 14.3 Å². The van der Waals surface area contributed by atoms with E-state index in [9.17, 15) is 9.59 Å². The number of hydrogen-bond acceptors (Lipinski definition) is 7. The summed E-state index contributed by atoms with van der Waals surface area (Å²) >= 11 is 1.29. The van der Waals surface area contributed by atoms with Gasteiger partial charge in [-0.3, -0.25) is 18.8 Å². The molecule has 0 spiro atoms. The van der Waals surface area contributed by atoms with Gasteiger partial charge in [0.1, 0.15) is 11.7 Å². The van der Waals surface area contributed by atoms with Gasteiger partial charge < -0.3 is 9.47 Å². The minimum Gasteiger partial charge on any atom is -0.469 e. The van der Waals surface area contributed by atoms with Gasteiger partial charge in [0.15, 0.2) is 4.80 Å². The van der Waals surface area contributed by atoms with Crippen molar-refractivity contribution >= 4 is 23.4 Å². The molecule has 0 saturated heterocycles. The highest BCUT2D eigenvalue weighted by molar-refractivity contribution is 7.07. The molecule has 3 aromatic rings. The summed E-state index contributed by atoms with van der Waals surface area (Å²) in [5.41, 5.74) is 1.11. The summed E-state index contributed by atoms with van der Waals surface area (Å²) < 4.78 is 15.1. The average molecular weight is 424 g/mol. The van der Waals surface area contributed by atoms with Gasteiger partial charge in [0.25, 0.3) is 5.56 Å². The molecule has 2 aliphatic heterocycles. The Balaban J connectivity index is 1.81. The van der Waals surface area contributed by atoms with Gasteiger partial charge in [-0.05, 0) is 26.0 Å². The van der Waals surface area contributed by atoms with Crippen LogP contribution in [-0.4, -0.2) is 33.2 Å².